The maximum atomic E-state index is 11.0. The Morgan fingerprint density at radius 1 is 1.16 bits per heavy atom. The van der Waals surface area contributed by atoms with Crippen LogP contribution in [0.25, 0.3) is 0 Å². The van der Waals surface area contributed by atoms with Crippen LogP contribution in [0, 0.1) is 5.92 Å². The third-order valence-electron chi connectivity index (χ3n) is 4.73. The number of carboxylic acids is 1. The molecule has 5 nitrogen and oxygen atoms in total. The molecule has 0 spiro atoms. The lowest BCUT2D eigenvalue weighted by Crippen LogP contribution is -2.34. The molecule has 0 aliphatic heterocycles. The number of carboxylic acid groups (broad SMARTS) is 1. The second kappa shape index (κ2) is 10.3. The molecule has 0 aromatic heterocycles. The average Bonchev–Trinajstić information content (AvgIpc) is 2.62. The van der Waals surface area contributed by atoms with Crippen molar-refractivity contribution in [1.29, 1.82) is 0 Å². The van der Waals surface area contributed by atoms with Crippen LogP contribution in [0.5, 0.6) is 11.5 Å². The van der Waals surface area contributed by atoms with E-state index in [1.807, 2.05) is 19.1 Å². The predicted molar refractivity (Wildman–Crippen MR) is 98.2 cm³/mol. The Morgan fingerprint density at radius 2 is 1.92 bits per heavy atom. The molecule has 1 aliphatic rings. The van der Waals surface area contributed by atoms with Gasteiger partial charge in [0.15, 0.2) is 11.5 Å². The number of hydrogen-bond donors (Lipinski definition) is 2. The number of nitrogens with one attached hydrogen (secondary N) is 1. The van der Waals surface area contributed by atoms with Crippen molar-refractivity contribution in [2.45, 2.75) is 65.0 Å². The van der Waals surface area contributed by atoms with Crippen molar-refractivity contribution >= 4 is 5.97 Å². The zero-order valence-corrected chi connectivity index (χ0v) is 15.4. The third-order valence-corrected chi connectivity index (χ3v) is 4.73. The first-order chi connectivity index (χ1) is 12.1. The van der Waals surface area contributed by atoms with Crippen molar-refractivity contribution in [1.82, 2.24) is 5.32 Å². The Kier molecular flexibility index (Phi) is 8.06. The van der Waals surface area contributed by atoms with Crippen molar-refractivity contribution in [3.05, 3.63) is 23.8 Å². The van der Waals surface area contributed by atoms with E-state index in [-0.39, 0.29) is 5.92 Å². The highest BCUT2D eigenvalue weighted by Crippen LogP contribution is 2.29. The maximum Gasteiger partial charge on any atom is 0.306 e. The molecular formula is C20H31NO4. The molecule has 5 heteroatoms. The summed E-state index contributed by atoms with van der Waals surface area (Å²) in [6.07, 6.45) is 5.52. The molecule has 140 valence electrons. The average molecular weight is 349 g/mol. The fourth-order valence-electron chi connectivity index (χ4n) is 3.18. The zero-order chi connectivity index (χ0) is 18.1. The largest absolute Gasteiger partial charge is 0.490 e. The number of hydrogen-bond acceptors (Lipinski definition) is 4. The highest BCUT2D eigenvalue weighted by Gasteiger charge is 2.25. The summed E-state index contributed by atoms with van der Waals surface area (Å²) >= 11 is 0. The number of aliphatic carboxylic acids is 1. The monoisotopic (exact) mass is 349 g/mol. The van der Waals surface area contributed by atoms with E-state index in [1.54, 1.807) is 0 Å². The molecule has 0 bridgehead atoms. The van der Waals surface area contributed by atoms with Crippen LogP contribution in [0.1, 0.15) is 57.9 Å². The summed E-state index contributed by atoms with van der Waals surface area (Å²) in [5, 5.41) is 12.6. The van der Waals surface area contributed by atoms with Crippen LogP contribution in [-0.2, 0) is 11.3 Å². The van der Waals surface area contributed by atoms with E-state index in [0.29, 0.717) is 19.3 Å². The molecule has 0 radical (unpaired) electrons. The molecule has 25 heavy (non-hydrogen) atoms. The topological polar surface area (TPSA) is 67.8 Å². The Bertz CT molecular complexity index is 538. The minimum Gasteiger partial charge on any atom is -0.490 e. The summed E-state index contributed by atoms with van der Waals surface area (Å²) in [5.74, 6) is 0.786. The summed E-state index contributed by atoms with van der Waals surface area (Å²) in [6, 6.07) is 6.49. The lowest BCUT2D eigenvalue weighted by Gasteiger charge is -2.27. The van der Waals surface area contributed by atoms with Gasteiger partial charge in [0.2, 0.25) is 0 Å². The zero-order valence-electron chi connectivity index (χ0n) is 15.4. The molecule has 0 unspecified atom stereocenters. The molecule has 2 N–H and O–H groups in total. The van der Waals surface area contributed by atoms with Crippen LogP contribution >= 0.6 is 0 Å². The van der Waals surface area contributed by atoms with Gasteiger partial charge in [-0.2, -0.15) is 0 Å². The number of rotatable bonds is 10. The van der Waals surface area contributed by atoms with Crippen molar-refractivity contribution in [2.75, 3.05) is 13.2 Å². The van der Waals surface area contributed by atoms with Crippen LogP contribution in [0.15, 0.2) is 18.2 Å². The highest BCUT2D eigenvalue weighted by molar-refractivity contribution is 5.70. The van der Waals surface area contributed by atoms with Crippen LogP contribution in [0.3, 0.4) is 0 Å². The highest BCUT2D eigenvalue weighted by atomic mass is 16.5. The van der Waals surface area contributed by atoms with Crippen molar-refractivity contribution in [3.8, 4) is 11.5 Å². The van der Waals surface area contributed by atoms with Gasteiger partial charge < -0.3 is 19.9 Å². The van der Waals surface area contributed by atoms with Gasteiger partial charge in [-0.25, -0.2) is 0 Å². The summed E-state index contributed by atoms with van der Waals surface area (Å²) < 4.78 is 11.5. The minimum absolute atomic E-state index is 0.165. The number of carbonyl (C=O) groups is 1. The van der Waals surface area contributed by atoms with Crippen LogP contribution in [0.4, 0.5) is 0 Å². The van der Waals surface area contributed by atoms with E-state index in [1.165, 1.54) is 0 Å². The van der Waals surface area contributed by atoms with Crippen LogP contribution < -0.4 is 14.8 Å². The van der Waals surface area contributed by atoms with E-state index in [9.17, 15) is 4.79 Å². The second-order valence-electron chi connectivity index (χ2n) is 6.68. The van der Waals surface area contributed by atoms with Crippen molar-refractivity contribution in [3.63, 3.8) is 0 Å². The molecule has 1 aliphatic carbocycles. The van der Waals surface area contributed by atoms with Gasteiger partial charge in [-0.15, -0.1) is 0 Å². The molecule has 2 rings (SSSR count). The quantitative estimate of drug-likeness (QED) is 0.625. The SMILES string of the molecule is CCCCOc1ccc(CNC2CCC(C(=O)O)CC2)cc1OCC. The first kappa shape index (κ1) is 19.6. The van der Waals surface area contributed by atoms with Gasteiger partial charge >= 0.3 is 5.97 Å². The predicted octanol–water partition coefficient (Wildman–Crippen LogP) is 4.00. The van der Waals surface area contributed by atoms with Crippen LogP contribution in [-0.4, -0.2) is 30.3 Å². The summed E-state index contributed by atoms with van der Waals surface area (Å²) in [4.78, 5) is 11.0. The minimum atomic E-state index is -0.654. The van der Waals surface area contributed by atoms with E-state index in [4.69, 9.17) is 14.6 Å². The molecule has 1 saturated carbocycles. The van der Waals surface area contributed by atoms with E-state index in [2.05, 4.69) is 18.3 Å². The second-order valence-corrected chi connectivity index (χ2v) is 6.68. The fraction of sp³-hybridized carbons (Fsp3) is 0.650. The first-order valence-electron chi connectivity index (χ1n) is 9.48. The summed E-state index contributed by atoms with van der Waals surface area (Å²) in [6.45, 7) is 6.20. The van der Waals surface area contributed by atoms with E-state index in [0.717, 1.165) is 62.1 Å². The Labute approximate surface area is 150 Å². The van der Waals surface area contributed by atoms with Gasteiger partial charge in [0.1, 0.15) is 0 Å². The first-order valence-corrected chi connectivity index (χ1v) is 9.48. The van der Waals surface area contributed by atoms with Gasteiger partial charge in [-0.3, -0.25) is 4.79 Å². The Hall–Kier alpha value is -1.75. The van der Waals surface area contributed by atoms with Crippen molar-refractivity contribution < 1.29 is 19.4 Å². The smallest absolute Gasteiger partial charge is 0.306 e. The molecule has 1 aromatic rings. The molecule has 0 amide bonds. The summed E-state index contributed by atoms with van der Waals surface area (Å²) in [5.41, 5.74) is 1.16. The molecule has 0 heterocycles. The van der Waals surface area contributed by atoms with E-state index >= 15 is 0 Å². The molecular weight excluding hydrogens is 318 g/mol. The van der Waals surface area contributed by atoms with Gasteiger partial charge in [0.25, 0.3) is 0 Å². The lowest BCUT2D eigenvalue weighted by molar-refractivity contribution is -0.142. The number of benzene rings is 1. The molecule has 0 saturated heterocycles. The van der Waals surface area contributed by atoms with Crippen molar-refractivity contribution in [2.24, 2.45) is 5.92 Å². The molecule has 1 fully saturated rings. The van der Waals surface area contributed by atoms with E-state index < -0.39 is 5.97 Å². The number of ether oxygens (including phenoxy) is 2. The standard InChI is InChI=1S/C20H31NO4/c1-3-5-12-25-18-11-6-15(13-19(18)24-4-2)14-21-17-9-7-16(8-10-17)20(22)23/h6,11,13,16-17,21H,3-5,7-10,12,14H2,1-2H3,(H,22,23). The van der Waals surface area contributed by atoms with Crippen LogP contribution in [0.2, 0.25) is 0 Å². The number of unbranched alkanes of at least 4 members (excludes halogenated alkanes) is 1. The van der Waals surface area contributed by atoms with Gasteiger partial charge in [-0.1, -0.05) is 19.4 Å². The maximum absolute atomic E-state index is 11.0. The fourth-order valence-corrected chi connectivity index (χ4v) is 3.18. The Balaban J connectivity index is 1.87. The molecule has 1 aromatic carbocycles. The van der Waals surface area contributed by atoms with Gasteiger partial charge in [0, 0.05) is 12.6 Å². The van der Waals surface area contributed by atoms with Gasteiger partial charge in [-0.05, 0) is 56.7 Å². The molecule has 0 atom stereocenters. The third kappa shape index (κ3) is 6.24. The Morgan fingerprint density at radius 3 is 2.56 bits per heavy atom. The summed E-state index contributed by atoms with van der Waals surface area (Å²) in [7, 11) is 0. The normalized spacial score (nSPS) is 20.2. The lowest BCUT2D eigenvalue weighted by atomic mass is 9.86. The van der Waals surface area contributed by atoms with Gasteiger partial charge in [0.05, 0.1) is 19.1 Å².